The van der Waals surface area contributed by atoms with Gasteiger partial charge in [-0.25, -0.2) is 0 Å². The van der Waals surface area contributed by atoms with Gasteiger partial charge in [-0.05, 0) is 44.5 Å². The van der Waals surface area contributed by atoms with Crippen LogP contribution in [0, 0.1) is 0 Å². The van der Waals surface area contributed by atoms with Gasteiger partial charge in [0.1, 0.15) is 0 Å². The molecule has 5 nitrogen and oxygen atoms in total. The fraction of sp³-hybridized carbons (Fsp3) is 0.500. The van der Waals surface area contributed by atoms with E-state index in [0.717, 1.165) is 19.3 Å². The van der Waals surface area contributed by atoms with Crippen LogP contribution in [0.5, 0.6) is 0 Å². The van der Waals surface area contributed by atoms with E-state index in [4.69, 9.17) is 28.3 Å². The molecule has 1 aromatic rings. The summed E-state index contributed by atoms with van der Waals surface area (Å²) in [4.78, 5) is 27.1. The van der Waals surface area contributed by atoms with Crippen LogP contribution in [0.3, 0.4) is 0 Å². The molecule has 1 atom stereocenters. The fourth-order valence-electron chi connectivity index (χ4n) is 2.92. The summed E-state index contributed by atoms with van der Waals surface area (Å²) in [5, 5.41) is 9.77. The maximum atomic E-state index is 12.6. The predicted molar refractivity (Wildman–Crippen MR) is 90.3 cm³/mol. The highest BCUT2D eigenvalue weighted by molar-refractivity contribution is 6.35. The maximum absolute atomic E-state index is 12.6. The number of rotatable bonds is 4. The number of halogens is 2. The minimum atomic E-state index is -0.835. The second-order valence-electron chi connectivity index (χ2n) is 5.84. The second-order valence-corrected chi connectivity index (χ2v) is 6.72. The largest absolute Gasteiger partial charge is 0.480 e. The summed E-state index contributed by atoms with van der Waals surface area (Å²) >= 11 is 11.9. The number of carboxylic acids is 1. The normalized spacial score (nSPS) is 18.8. The van der Waals surface area contributed by atoms with Gasteiger partial charge in [-0.2, -0.15) is 0 Å². The Kier molecular flexibility index (Phi) is 6.27. The third kappa shape index (κ3) is 5.09. The molecule has 0 aliphatic carbocycles. The first kappa shape index (κ1) is 18.0. The number of hydrogen-bond acceptors (Lipinski definition) is 3. The number of likely N-dealkylation sites (tertiary alicyclic amines) is 1. The van der Waals surface area contributed by atoms with E-state index in [0.29, 0.717) is 28.7 Å². The molecule has 1 aromatic carbocycles. The lowest BCUT2D eigenvalue weighted by atomic mass is 10.1. The van der Waals surface area contributed by atoms with E-state index in [9.17, 15) is 9.59 Å². The molecule has 1 heterocycles. The number of hydrogen-bond donors (Lipinski definition) is 1. The lowest BCUT2D eigenvalue weighted by Gasteiger charge is -2.25. The van der Waals surface area contributed by atoms with Crippen LogP contribution in [0.4, 0.5) is 0 Å². The van der Waals surface area contributed by atoms with Crippen LogP contribution in [0.15, 0.2) is 18.2 Å². The summed E-state index contributed by atoms with van der Waals surface area (Å²) in [5.74, 6) is -0.922. The molecule has 0 spiro atoms. The van der Waals surface area contributed by atoms with E-state index in [1.165, 1.54) is 0 Å². The van der Waals surface area contributed by atoms with Crippen molar-refractivity contribution < 1.29 is 14.7 Å². The number of carboxylic acid groups (broad SMARTS) is 1. The van der Waals surface area contributed by atoms with E-state index >= 15 is 0 Å². The zero-order valence-electron chi connectivity index (χ0n) is 13.0. The van der Waals surface area contributed by atoms with E-state index in [2.05, 4.69) is 0 Å². The SMILES string of the molecule is CN(CC(=O)O)C1CCCN(C(=O)c2cc(Cl)cc(Cl)c2)CC1. The first-order valence-electron chi connectivity index (χ1n) is 7.54. The molecule has 7 heteroatoms. The van der Waals surface area contributed by atoms with E-state index in [1.807, 2.05) is 11.9 Å². The molecule has 23 heavy (non-hydrogen) atoms. The van der Waals surface area contributed by atoms with E-state index in [-0.39, 0.29) is 18.5 Å². The van der Waals surface area contributed by atoms with Crippen LogP contribution in [0.2, 0.25) is 10.0 Å². The number of carbonyl (C=O) groups excluding carboxylic acids is 1. The molecule has 0 saturated carbocycles. The molecule has 1 saturated heterocycles. The van der Waals surface area contributed by atoms with Gasteiger partial charge in [-0.15, -0.1) is 0 Å². The van der Waals surface area contributed by atoms with Gasteiger partial charge in [-0.1, -0.05) is 23.2 Å². The fourth-order valence-corrected chi connectivity index (χ4v) is 3.45. The minimum Gasteiger partial charge on any atom is -0.480 e. The predicted octanol–water partition coefficient (Wildman–Crippen LogP) is 3.00. The molecule has 1 N–H and O–H groups in total. The monoisotopic (exact) mass is 358 g/mol. The topological polar surface area (TPSA) is 60.9 Å². The second kappa shape index (κ2) is 7.99. The van der Waals surface area contributed by atoms with Gasteiger partial charge in [0, 0.05) is 34.7 Å². The molecule has 1 aliphatic heterocycles. The number of aliphatic carboxylic acids is 1. The number of amides is 1. The van der Waals surface area contributed by atoms with Gasteiger partial charge in [0.05, 0.1) is 6.54 Å². The van der Waals surface area contributed by atoms with Crippen LogP contribution in [0.1, 0.15) is 29.6 Å². The van der Waals surface area contributed by atoms with Gasteiger partial charge in [0.2, 0.25) is 0 Å². The highest BCUT2D eigenvalue weighted by Crippen LogP contribution is 2.22. The van der Waals surface area contributed by atoms with E-state index < -0.39 is 5.97 Å². The number of likely N-dealkylation sites (N-methyl/N-ethyl adjacent to an activating group) is 1. The Bertz CT molecular complexity index is 574. The lowest BCUT2D eigenvalue weighted by Crippen LogP contribution is -2.37. The Balaban J connectivity index is 2.02. The molecular formula is C16H20Cl2N2O3. The number of benzene rings is 1. The van der Waals surface area contributed by atoms with Crippen molar-refractivity contribution in [1.82, 2.24) is 9.80 Å². The highest BCUT2D eigenvalue weighted by Gasteiger charge is 2.24. The van der Waals surface area contributed by atoms with Gasteiger partial charge >= 0.3 is 5.97 Å². The zero-order chi connectivity index (χ0) is 17.0. The Hall–Kier alpha value is -1.30. The van der Waals surface area contributed by atoms with Crippen LogP contribution in [-0.2, 0) is 4.79 Å². The Morgan fingerprint density at radius 1 is 1.22 bits per heavy atom. The third-order valence-electron chi connectivity index (χ3n) is 4.10. The summed E-state index contributed by atoms with van der Waals surface area (Å²) < 4.78 is 0. The first-order chi connectivity index (χ1) is 10.9. The third-order valence-corrected chi connectivity index (χ3v) is 4.54. The van der Waals surface area contributed by atoms with Crippen LogP contribution < -0.4 is 0 Å². The molecule has 1 aliphatic rings. The van der Waals surface area contributed by atoms with Crippen molar-refractivity contribution in [3.05, 3.63) is 33.8 Å². The van der Waals surface area contributed by atoms with Crippen molar-refractivity contribution in [3.8, 4) is 0 Å². The highest BCUT2D eigenvalue weighted by atomic mass is 35.5. The van der Waals surface area contributed by atoms with Crippen molar-refractivity contribution in [2.24, 2.45) is 0 Å². The Morgan fingerprint density at radius 3 is 2.48 bits per heavy atom. The summed E-state index contributed by atoms with van der Waals surface area (Å²) in [6, 6.07) is 5.01. The first-order valence-corrected chi connectivity index (χ1v) is 8.30. The van der Waals surface area contributed by atoms with Crippen molar-refractivity contribution in [3.63, 3.8) is 0 Å². The van der Waals surface area contributed by atoms with E-state index in [1.54, 1.807) is 23.1 Å². The smallest absolute Gasteiger partial charge is 0.317 e. The summed E-state index contributed by atoms with van der Waals surface area (Å²) in [6.07, 6.45) is 2.47. The molecule has 126 valence electrons. The minimum absolute atomic E-state index is 0.0164. The maximum Gasteiger partial charge on any atom is 0.317 e. The number of nitrogens with zero attached hydrogens (tertiary/aromatic N) is 2. The van der Waals surface area contributed by atoms with Crippen LogP contribution in [0.25, 0.3) is 0 Å². The summed E-state index contributed by atoms with van der Waals surface area (Å²) in [5.41, 5.74) is 0.486. The number of carbonyl (C=O) groups is 2. The Labute approximate surface area is 145 Å². The molecule has 0 radical (unpaired) electrons. The van der Waals surface area contributed by atoms with Crippen molar-refractivity contribution >= 4 is 35.1 Å². The molecule has 2 rings (SSSR count). The summed E-state index contributed by atoms with van der Waals surface area (Å²) in [7, 11) is 1.81. The zero-order valence-corrected chi connectivity index (χ0v) is 14.5. The van der Waals surface area contributed by atoms with Gasteiger partial charge < -0.3 is 10.0 Å². The molecule has 0 bridgehead atoms. The lowest BCUT2D eigenvalue weighted by molar-refractivity contribution is -0.138. The van der Waals surface area contributed by atoms with Crippen LogP contribution >= 0.6 is 23.2 Å². The molecule has 0 aromatic heterocycles. The van der Waals surface area contributed by atoms with Gasteiger partial charge in [0.25, 0.3) is 5.91 Å². The molecule has 1 unspecified atom stereocenters. The average molecular weight is 359 g/mol. The van der Waals surface area contributed by atoms with Gasteiger partial charge in [0.15, 0.2) is 0 Å². The van der Waals surface area contributed by atoms with Crippen molar-refractivity contribution in [1.29, 1.82) is 0 Å². The molecule has 1 amide bonds. The molecular weight excluding hydrogens is 339 g/mol. The van der Waals surface area contributed by atoms with Crippen molar-refractivity contribution in [2.75, 3.05) is 26.7 Å². The Morgan fingerprint density at radius 2 is 1.87 bits per heavy atom. The van der Waals surface area contributed by atoms with Gasteiger partial charge in [-0.3, -0.25) is 14.5 Å². The quantitative estimate of drug-likeness (QED) is 0.898. The van der Waals surface area contributed by atoms with Crippen molar-refractivity contribution in [2.45, 2.75) is 25.3 Å². The summed E-state index contributed by atoms with van der Waals surface area (Å²) in [6.45, 7) is 1.26. The molecule has 1 fully saturated rings. The van der Waals surface area contributed by atoms with Crippen LogP contribution in [-0.4, -0.2) is 59.5 Å². The standard InChI is InChI=1S/C16H20Cl2N2O3/c1-19(10-15(21)22)14-3-2-5-20(6-4-14)16(23)11-7-12(17)9-13(18)8-11/h7-9,14H,2-6,10H2,1H3,(H,21,22). The average Bonchev–Trinajstić information content (AvgIpc) is 2.70.